The van der Waals surface area contributed by atoms with E-state index in [-0.39, 0.29) is 55.1 Å². The lowest BCUT2D eigenvalue weighted by molar-refractivity contribution is -0.137. The van der Waals surface area contributed by atoms with Crippen LogP contribution in [0.2, 0.25) is 0 Å². The minimum absolute atomic E-state index is 0.0157. The second kappa shape index (κ2) is 6.61. The molecule has 0 amide bonds. The van der Waals surface area contributed by atoms with E-state index in [1.165, 1.54) is 0 Å². The Bertz CT molecular complexity index is 784. The molecule has 2 aromatic rings. The summed E-state index contributed by atoms with van der Waals surface area (Å²) in [6.45, 7) is 0. The summed E-state index contributed by atoms with van der Waals surface area (Å²) in [7, 11) is 0. The molecule has 26 heavy (non-hydrogen) atoms. The monoisotopic (exact) mass is 374 g/mol. The maximum Gasteiger partial charge on any atom is 0.416 e. The van der Waals surface area contributed by atoms with Gasteiger partial charge in [-0.1, -0.05) is 0 Å². The number of rotatable bonds is 3. The fraction of sp³-hybridized carbons (Fsp3) is 0.467. The van der Waals surface area contributed by atoms with Crippen molar-refractivity contribution in [3.05, 3.63) is 23.9 Å². The van der Waals surface area contributed by atoms with Crippen molar-refractivity contribution < 1.29 is 22.0 Å². The minimum atomic E-state index is -4.54. The first kappa shape index (κ1) is 18.2. The normalized spacial score (nSPS) is 17.9. The van der Waals surface area contributed by atoms with Crippen molar-refractivity contribution in [3.63, 3.8) is 0 Å². The third-order valence-electron chi connectivity index (χ3n) is 4.02. The van der Waals surface area contributed by atoms with Gasteiger partial charge in [-0.05, 0) is 25.0 Å². The molecule has 2 heterocycles. The van der Waals surface area contributed by atoms with E-state index in [2.05, 4.69) is 25.3 Å². The van der Waals surface area contributed by atoms with Crippen LogP contribution in [0, 0.1) is 0 Å². The number of aromatic nitrogens is 4. The van der Waals surface area contributed by atoms with Crippen molar-refractivity contribution in [1.82, 2.24) is 19.9 Å². The third kappa shape index (κ3) is 4.33. The molecule has 0 bridgehead atoms. The molecule has 0 aromatic carbocycles. The van der Waals surface area contributed by atoms with Gasteiger partial charge in [-0.25, -0.2) is 8.78 Å². The number of nitrogens with two attached hydrogens (primary N) is 1. The summed E-state index contributed by atoms with van der Waals surface area (Å²) in [5, 5.41) is 2.89. The van der Waals surface area contributed by atoms with Crippen LogP contribution >= 0.6 is 0 Å². The van der Waals surface area contributed by atoms with Gasteiger partial charge in [0.15, 0.2) is 5.82 Å². The lowest BCUT2D eigenvalue weighted by Crippen LogP contribution is -2.32. The van der Waals surface area contributed by atoms with Crippen molar-refractivity contribution in [3.8, 4) is 11.5 Å². The Morgan fingerprint density at radius 3 is 2.46 bits per heavy atom. The summed E-state index contributed by atoms with van der Waals surface area (Å²) in [6, 6.07) is 1.36. The predicted octanol–water partition coefficient (Wildman–Crippen LogP) is 3.52. The van der Waals surface area contributed by atoms with Gasteiger partial charge in [0.25, 0.3) is 0 Å². The Labute approximate surface area is 145 Å². The minimum Gasteiger partial charge on any atom is -0.368 e. The number of anilines is 2. The average molecular weight is 374 g/mol. The number of nitrogens with one attached hydrogen (secondary N) is 1. The van der Waals surface area contributed by atoms with Gasteiger partial charge < -0.3 is 11.1 Å². The quantitative estimate of drug-likeness (QED) is 0.799. The largest absolute Gasteiger partial charge is 0.416 e. The zero-order chi connectivity index (χ0) is 18.9. The van der Waals surface area contributed by atoms with Crippen LogP contribution < -0.4 is 11.1 Å². The van der Waals surface area contributed by atoms with E-state index in [0.717, 1.165) is 18.3 Å². The highest BCUT2D eigenvalue weighted by molar-refractivity contribution is 5.54. The second-order valence-electron chi connectivity index (χ2n) is 6.04. The highest BCUT2D eigenvalue weighted by atomic mass is 19.4. The zero-order valence-corrected chi connectivity index (χ0v) is 13.4. The molecular weight excluding hydrogens is 359 g/mol. The molecule has 0 atom stereocenters. The highest BCUT2D eigenvalue weighted by Gasteiger charge is 2.35. The number of halogens is 5. The van der Waals surface area contributed by atoms with E-state index in [4.69, 9.17) is 5.73 Å². The molecule has 1 fully saturated rings. The summed E-state index contributed by atoms with van der Waals surface area (Å²) in [5.41, 5.74) is 4.58. The maximum atomic E-state index is 13.2. The second-order valence-corrected chi connectivity index (χ2v) is 6.04. The van der Waals surface area contributed by atoms with E-state index in [9.17, 15) is 22.0 Å². The van der Waals surface area contributed by atoms with Crippen LogP contribution in [-0.2, 0) is 6.18 Å². The number of nitrogen functional groups attached to an aromatic ring is 1. The summed E-state index contributed by atoms with van der Waals surface area (Å²) < 4.78 is 64.9. The highest BCUT2D eigenvalue weighted by Crippen LogP contribution is 2.34. The topological polar surface area (TPSA) is 89.6 Å². The van der Waals surface area contributed by atoms with Crippen molar-refractivity contribution in [1.29, 1.82) is 0 Å². The number of hydrogen-bond donors (Lipinski definition) is 2. The Hall–Kier alpha value is -2.59. The molecule has 0 unspecified atom stereocenters. The number of pyridine rings is 1. The summed E-state index contributed by atoms with van der Waals surface area (Å²) in [5.74, 6) is -3.00. The molecule has 1 aliphatic carbocycles. The third-order valence-corrected chi connectivity index (χ3v) is 4.02. The smallest absolute Gasteiger partial charge is 0.368 e. The standard InChI is InChI=1S/C15H15F5N6/c16-14(17)4-1-9(2-5-14)23-13-25-11(24-12(21)26-13)10-7-8(3-6-22-10)15(18,19)20/h3,6-7,9H,1-2,4-5H2,(H3,21,23,24,25,26). The van der Waals surface area contributed by atoms with Crippen LogP contribution in [-0.4, -0.2) is 31.9 Å². The zero-order valence-electron chi connectivity index (χ0n) is 13.4. The van der Waals surface area contributed by atoms with Crippen molar-refractivity contribution in [2.45, 2.75) is 43.8 Å². The molecule has 11 heteroatoms. The average Bonchev–Trinajstić information content (AvgIpc) is 2.56. The lowest BCUT2D eigenvalue weighted by Gasteiger charge is -2.28. The molecular formula is C15H15F5N6. The molecule has 3 N–H and O–H groups in total. The molecule has 0 saturated heterocycles. The van der Waals surface area contributed by atoms with Crippen LogP contribution in [0.25, 0.3) is 11.5 Å². The first-order valence-corrected chi connectivity index (χ1v) is 7.82. The molecule has 0 radical (unpaired) electrons. The molecule has 1 aliphatic rings. The fourth-order valence-electron chi connectivity index (χ4n) is 2.67. The maximum absolute atomic E-state index is 13.2. The fourth-order valence-corrected chi connectivity index (χ4v) is 2.67. The van der Waals surface area contributed by atoms with Crippen molar-refractivity contribution >= 4 is 11.9 Å². The Balaban J connectivity index is 1.82. The van der Waals surface area contributed by atoms with Crippen LogP contribution in [0.3, 0.4) is 0 Å². The Morgan fingerprint density at radius 2 is 1.81 bits per heavy atom. The summed E-state index contributed by atoms with van der Waals surface area (Å²) >= 11 is 0. The van der Waals surface area contributed by atoms with Gasteiger partial charge in [0, 0.05) is 25.1 Å². The van der Waals surface area contributed by atoms with Gasteiger partial charge in [-0.3, -0.25) is 4.98 Å². The van der Waals surface area contributed by atoms with Crippen LogP contribution in [0.15, 0.2) is 18.3 Å². The van der Waals surface area contributed by atoms with E-state index in [1.54, 1.807) is 0 Å². The van der Waals surface area contributed by atoms with Gasteiger partial charge >= 0.3 is 6.18 Å². The number of alkyl halides is 5. The molecule has 1 saturated carbocycles. The number of nitrogens with zero attached hydrogens (tertiary/aromatic N) is 4. The Morgan fingerprint density at radius 1 is 1.12 bits per heavy atom. The molecule has 140 valence electrons. The van der Waals surface area contributed by atoms with E-state index >= 15 is 0 Å². The van der Waals surface area contributed by atoms with E-state index < -0.39 is 17.7 Å². The molecule has 0 aliphatic heterocycles. The van der Waals surface area contributed by atoms with Gasteiger partial charge in [0.1, 0.15) is 5.69 Å². The predicted molar refractivity (Wildman–Crippen MR) is 83.3 cm³/mol. The number of hydrogen-bond acceptors (Lipinski definition) is 6. The summed E-state index contributed by atoms with van der Waals surface area (Å²) in [6.07, 6.45) is -3.62. The van der Waals surface area contributed by atoms with Crippen LogP contribution in [0.4, 0.5) is 33.8 Å². The van der Waals surface area contributed by atoms with E-state index in [0.29, 0.717) is 0 Å². The van der Waals surface area contributed by atoms with E-state index in [1.807, 2.05) is 0 Å². The SMILES string of the molecule is Nc1nc(NC2CCC(F)(F)CC2)nc(-c2cc(C(F)(F)F)ccn2)n1. The van der Waals surface area contributed by atoms with Gasteiger partial charge in [0.2, 0.25) is 17.8 Å². The molecule has 3 rings (SSSR count). The van der Waals surface area contributed by atoms with Gasteiger partial charge in [-0.15, -0.1) is 0 Å². The van der Waals surface area contributed by atoms with Crippen LogP contribution in [0.5, 0.6) is 0 Å². The van der Waals surface area contributed by atoms with Gasteiger partial charge in [0.05, 0.1) is 5.56 Å². The molecule has 6 nitrogen and oxygen atoms in total. The lowest BCUT2D eigenvalue weighted by atomic mass is 9.92. The van der Waals surface area contributed by atoms with Crippen LogP contribution in [0.1, 0.15) is 31.2 Å². The molecule has 2 aromatic heterocycles. The first-order valence-electron chi connectivity index (χ1n) is 7.82. The van der Waals surface area contributed by atoms with Crippen molar-refractivity contribution in [2.24, 2.45) is 0 Å². The first-order chi connectivity index (χ1) is 12.1. The van der Waals surface area contributed by atoms with Crippen molar-refractivity contribution in [2.75, 3.05) is 11.1 Å². The van der Waals surface area contributed by atoms with Gasteiger partial charge in [-0.2, -0.15) is 28.1 Å². The summed E-state index contributed by atoms with van der Waals surface area (Å²) in [4.78, 5) is 15.5. The molecule has 0 spiro atoms. The Kier molecular flexibility index (Phi) is 4.63.